The molecular weight excluding hydrogens is 230 g/mol. The van der Waals surface area contributed by atoms with Gasteiger partial charge in [0.25, 0.3) is 5.56 Å². The van der Waals surface area contributed by atoms with E-state index in [0.29, 0.717) is 0 Å². The zero-order valence-corrected chi connectivity index (χ0v) is 10.00. The Morgan fingerprint density at radius 2 is 1.89 bits per heavy atom. The van der Waals surface area contributed by atoms with Crippen molar-refractivity contribution in [3.05, 3.63) is 70.1 Å². The predicted octanol–water partition coefficient (Wildman–Crippen LogP) is 2.34. The lowest BCUT2D eigenvalue weighted by atomic mass is 10.2. The Hall–Kier alpha value is -2.36. The Kier molecular flexibility index (Phi) is 3.57. The largest absolute Gasteiger partial charge is 0.444 e. The van der Waals surface area contributed by atoms with Gasteiger partial charge in [-0.25, -0.2) is 9.36 Å². The van der Waals surface area contributed by atoms with E-state index in [1.165, 1.54) is 12.3 Å². The third-order valence-electron chi connectivity index (χ3n) is 2.46. The van der Waals surface area contributed by atoms with E-state index >= 15 is 0 Å². The molecule has 0 spiro atoms. The van der Waals surface area contributed by atoms with Crippen molar-refractivity contribution in [3.8, 4) is 0 Å². The molecule has 0 radical (unpaired) electrons. The van der Waals surface area contributed by atoms with Crippen LogP contribution in [0.4, 0.5) is 4.79 Å². The number of hydrogen-bond acceptors (Lipinski definition) is 3. The zero-order chi connectivity index (χ0) is 13.0. The fourth-order valence-electron chi connectivity index (χ4n) is 1.52. The summed E-state index contributed by atoms with van der Waals surface area (Å²) in [5.74, 6) is 0. The Morgan fingerprint density at radius 3 is 2.61 bits per heavy atom. The Bertz CT molecular complexity index is 602. The maximum atomic E-state index is 11.7. The highest BCUT2D eigenvalue weighted by Gasteiger charge is 2.08. The van der Waals surface area contributed by atoms with Gasteiger partial charge in [-0.1, -0.05) is 36.4 Å². The topological polar surface area (TPSA) is 48.3 Å². The number of aromatic nitrogens is 1. The number of carbonyl (C=O) groups excluding carboxylic acids is 1. The van der Waals surface area contributed by atoms with Crippen molar-refractivity contribution in [2.24, 2.45) is 0 Å². The first-order valence-electron chi connectivity index (χ1n) is 5.57. The molecule has 4 nitrogen and oxygen atoms in total. The molecule has 18 heavy (non-hydrogen) atoms. The van der Waals surface area contributed by atoms with Crippen LogP contribution in [0.15, 0.2) is 53.5 Å². The lowest BCUT2D eigenvalue weighted by Crippen LogP contribution is -2.26. The molecule has 4 heteroatoms. The molecule has 92 valence electrons. The quantitative estimate of drug-likeness (QED) is 0.813. The third-order valence-corrected chi connectivity index (χ3v) is 2.46. The van der Waals surface area contributed by atoms with E-state index < -0.39 is 11.7 Å². The lowest BCUT2D eigenvalue weighted by molar-refractivity contribution is 0.140. The van der Waals surface area contributed by atoms with E-state index in [0.717, 1.165) is 15.7 Å². The summed E-state index contributed by atoms with van der Waals surface area (Å²) in [7, 11) is 0. The van der Waals surface area contributed by atoms with E-state index in [2.05, 4.69) is 0 Å². The van der Waals surface area contributed by atoms with Crippen molar-refractivity contribution < 1.29 is 9.53 Å². The van der Waals surface area contributed by atoms with Gasteiger partial charge >= 0.3 is 6.09 Å². The van der Waals surface area contributed by atoms with Crippen LogP contribution in [0.25, 0.3) is 0 Å². The predicted molar refractivity (Wildman–Crippen MR) is 67.5 cm³/mol. The number of carbonyl (C=O) groups is 1. The average Bonchev–Trinajstić information content (AvgIpc) is 2.40. The van der Waals surface area contributed by atoms with E-state index in [1.54, 1.807) is 13.0 Å². The van der Waals surface area contributed by atoms with Gasteiger partial charge in [-0.05, 0) is 18.1 Å². The Labute approximate surface area is 104 Å². The minimum absolute atomic E-state index is 0.153. The van der Waals surface area contributed by atoms with E-state index in [4.69, 9.17) is 4.74 Å². The number of pyridine rings is 1. The van der Waals surface area contributed by atoms with Crippen LogP contribution in [0.5, 0.6) is 0 Å². The SMILES string of the molecule is Cc1ccc(=O)n(C(=O)OCc2ccccc2)c1. The molecule has 0 saturated heterocycles. The fraction of sp³-hybridized carbons (Fsp3) is 0.143. The van der Waals surface area contributed by atoms with Crippen LogP contribution in [0, 0.1) is 6.92 Å². The Morgan fingerprint density at radius 1 is 1.17 bits per heavy atom. The maximum absolute atomic E-state index is 11.7. The molecule has 2 aromatic rings. The first kappa shape index (κ1) is 12.1. The monoisotopic (exact) mass is 243 g/mol. The molecule has 0 aliphatic carbocycles. The number of rotatable bonds is 2. The first-order chi connectivity index (χ1) is 8.66. The summed E-state index contributed by atoms with van der Waals surface area (Å²) < 4.78 is 6.04. The van der Waals surface area contributed by atoms with Gasteiger partial charge in [0.15, 0.2) is 0 Å². The van der Waals surface area contributed by atoms with Crippen LogP contribution < -0.4 is 5.56 Å². The van der Waals surface area contributed by atoms with Crippen molar-refractivity contribution in [3.63, 3.8) is 0 Å². The molecule has 0 saturated carbocycles. The van der Waals surface area contributed by atoms with Crippen molar-refractivity contribution in [2.45, 2.75) is 13.5 Å². The van der Waals surface area contributed by atoms with E-state index in [-0.39, 0.29) is 6.61 Å². The highest BCUT2D eigenvalue weighted by atomic mass is 16.5. The molecule has 0 unspecified atom stereocenters. The fourth-order valence-corrected chi connectivity index (χ4v) is 1.52. The normalized spacial score (nSPS) is 10.1. The first-order valence-corrected chi connectivity index (χ1v) is 5.57. The summed E-state index contributed by atoms with van der Waals surface area (Å²) >= 11 is 0. The molecule has 0 amide bonds. The second-order valence-electron chi connectivity index (χ2n) is 3.95. The second-order valence-corrected chi connectivity index (χ2v) is 3.95. The molecule has 0 fully saturated rings. The van der Waals surface area contributed by atoms with Gasteiger partial charge in [-0.15, -0.1) is 0 Å². The molecular formula is C14H13NO3. The summed E-state index contributed by atoms with van der Waals surface area (Å²) in [4.78, 5) is 23.2. The van der Waals surface area contributed by atoms with Crippen molar-refractivity contribution in [1.82, 2.24) is 4.57 Å². The molecule has 1 aromatic carbocycles. The molecule has 0 N–H and O–H groups in total. The maximum Gasteiger partial charge on any atom is 0.421 e. The van der Waals surface area contributed by atoms with Crippen molar-refractivity contribution >= 4 is 6.09 Å². The molecule has 0 aliphatic rings. The van der Waals surface area contributed by atoms with Crippen LogP contribution in [0.3, 0.4) is 0 Å². The smallest absolute Gasteiger partial charge is 0.421 e. The minimum atomic E-state index is -0.660. The molecule has 0 atom stereocenters. The van der Waals surface area contributed by atoms with Crippen molar-refractivity contribution in [1.29, 1.82) is 0 Å². The van der Waals surface area contributed by atoms with Gasteiger partial charge in [-0.3, -0.25) is 4.79 Å². The third kappa shape index (κ3) is 2.85. The number of nitrogens with zero attached hydrogens (tertiary/aromatic N) is 1. The van der Waals surface area contributed by atoms with E-state index in [9.17, 15) is 9.59 Å². The Balaban J connectivity index is 2.09. The van der Waals surface area contributed by atoms with Crippen LogP contribution >= 0.6 is 0 Å². The molecule has 2 rings (SSSR count). The molecule has 1 heterocycles. The van der Waals surface area contributed by atoms with Gasteiger partial charge in [0.1, 0.15) is 6.61 Å². The van der Waals surface area contributed by atoms with Gasteiger partial charge < -0.3 is 4.74 Å². The highest BCUT2D eigenvalue weighted by Crippen LogP contribution is 2.02. The number of ether oxygens (including phenoxy) is 1. The molecule has 0 bridgehead atoms. The van der Waals surface area contributed by atoms with Gasteiger partial charge in [-0.2, -0.15) is 0 Å². The minimum Gasteiger partial charge on any atom is -0.444 e. The van der Waals surface area contributed by atoms with Crippen LogP contribution in [0.1, 0.15) is 11.1 Å². The van der Waals surface area contributed by atoms with Gasteiger partial charge in [0.05, 0.1) is 0 Å². The van der Waals surface area contributed by atoms with Crippen LogP contribution in [-0.4, -0.2) is 10.7 Å². The molecule has 0 aliphatic heterocycles. The summed E-state index contributed by atoms with van der Waals surface area (Å²) in [6, 6.07) is 12.3. The number of aryl methyl sites for hydroxylation is 1. The average molecular weight is 243 g/mol. The van der Waals surface area contributed by atoms with Gasteiger partial charge in [0.2, 0.25) is 0 Å². The summed E-state index contributed by atoms with van der Waals surface area (Å²) in [6.07, 6.45) is 0.808. The van der Waals surface area contributed by atoms with E-state index in [1.807, 2.05) is 30.3 Å². The number of benzene rings is 1. The summed E-state index contributed by atoms with van der Waals surface area (Å²) in [5, 5.41) is 0. The summed E-state index contributed by atoms with van der Waals surface area (Å²) in [5.41, 5.74) is 1.32. The second kappa shape index (κ2) is 5.31. The van der Waals surface area contributed by atoms with Crippen LogP contribution in [0.2, 0.25) is 0 Å². The highest BCUT2D eigenvalue weighted by molar-refractivity contribution is 5.70. The van der Waals surface area contributed by atoms with Gasteiger partial charge in [0, 0.05) is 12.3 Å². The van der Waals surface area contributed by atoms with Crippen LogP contribution in [-0.2, 0) is 11.3 Å². The molecule has 1 aromatic heterocycles. The lowest BCUT2D eigenvalue weighted by Gasteiger charge is -2.07. The summed E-state index contributed by atoms with van der Waals surface area (Å²) in [6.45, 7) is 1.96. The standard InChI is InChI=1S/C14H13NO3/c1-11-7-8-13(16)15(9-11)14(17)18-10-12-5-3-2-4-6-12/h2-9H,10H2,1H3. The number of hydrogen-bond donors (Lipinski definition) is 0. The zero-order valence-electron chi connectivity index (χ0n) is 10.00. The van der Waals surface area contributed by atoms with Crippen molar-refractivity contribution in [2.75, 3.05) is 0 Å².